The van der Waals surface area contributed by atoms with E-state index in [9.17, 15) is 14.4 Å². The summed E-state index contributed by atoms with van der Waals surface area (Å²) >= 11 is 6.60. The van der Waals surface area contributed by atoms with Crippen molar-refractivity contribution in [3.8, 4) is 0 Å². The average molecular weight is 689 g/mol. The van der Waals surface area contributed by atoms with Crippen LogP contribution in [-0.2, 0) is 9.16 Å². The number of rotatable bonds is 7. The molecule has 4 aromatic rings. The minimum absolute atomic E-state index is 0.0517. The Morgan fingerprint density at radius 1 is 0.958 bits per heavy atom. The molecule has 1 fully saturated rings. The van der Waals surface area contributed by atoms with Gasteiger partial charge >= 0.3 is 6.09 Å². The monoisotopic (exact) mass is 688 g/mol. The molecule has 0 radical (unpaired) electrons. The molecule has 0 bridgehead atoms. The van der Waals surface area contributed by atoms with E-state index in [4.69, 9.17) is 20.8 Å². The van der Waals surface area contributed by atoms with E-state index < -0.39 is 26.1 Å². The highest BCUT2D eigenvalue weighted by atomic mass is 35.5. The Hall–Kier alpha value is -3.99. The van der Waals surface area contributed by atoms with Crippen LogP contribution in [0.2, 0.25) is 10.2 Å². The number of nitrogens with one attached hydrogen (secondary N) is 1. The van der Waals surface area contributed by atoms with E-state index >= 15 is 0 Å². The number of hydrogen-bond donors (Lipinski definition) is 1. The fraction of sp³-hybridized carbons (Fsp3) is 0.405. The number of ether oxygens (including phenoxy) is 1. The molecule has 5 rings (SSSR count). The van der Waals surface area contributed by atoms with Gasteiger partial charge in [0.1, 0.15) is 10.8 Å². The van der Waals surface area contributed by atoms with Crippen LogP contribution in [0.1, 0.15) is 63.9 Å². The third-order valence-corrected chi connectivity index (χ3v) is 14.1. The summed E-state index contributed by atoms with van der Waals surface area (Å²) in [5.41, 5.74) is 0.702. The van der Waals surface area contributed by atoms with Gasteiger partial charge in [-0.3, -0.25) is 9.59 Å². The molecule has 2 aromatic carbocycles. The summed E-state index contributed by atoms with van der Waals surface area (Å²) in [5, 5.41) is 2.15. The second-order valence-corrected chi connectivity index (χ2v) is 19.1. The fourth-order valence-electron chi connectivity index (χ4n) is 6.48. The summed E-state index contributed by atoms with van der Waals surface area (Å²) in [6, 6.07) is 23.6. The lowest BCUT2D eigenvalue weighted by Crippen LogP contribution is -2.67. The molecular formula is C37H45ClN4O5Si. The first-order chi connectivity index (χ1) is 22.6. The lowest BCUT2D eigenvalue weighted by Gasteiger charge is -2.45. The van der Waals surface area contributed by atoms with Crippen molar-refractivity contribution in [2.24, 2.45) is 0 Å². The number of fused-ring (bicyclic) bond motifs is 1. The minimum Gasteiger partial charge on any atom is -0.444 e. The summed E-state index contributed by atoms with van der Waals surface area (Å²) in [7, 11) is -2.84. The minimum atomic E-state index is -2.84. The van der Waals surface area contributed by atoms with Crippen LogP contribution in [0.25, 0.3) is 11.0 Å². The number of benzene rings is 2. The van der Waals surface area contributed by atoms with Gasteiger partial charge in [-0.15, -0.1) is 0 Å². The zero-order valence-electron chi connectivity index (χ0n) is 28.8. The fourth-order valence-corrected chi connectivity index (χ4v) is 11.3. The van der Waals surface area contributed by atoms with Crippen LogP contribution in [0.4, 0.5) is 4.79 Å². The Bertz CT molecular complexity index is 1800. The van der Waals surface area contributed by atoms with E-state index in [1.54, 1.807) is 28.9 Å². The quantitative estimate of drug-likeness (QED) is 0.191. The molecule has 2 aromatic heterocycles. The number of pyridine rings is 2. The van der Waals surface area contributed by atoms with Crippen LogP contribution < -0.4 is 15.9 Å². The number of halogens is 1. The topological polar surface area (TPSA) is 105 Å². The molecular weight excluding hydrogens is 644 g/mol. The zero-order valence-corrected chi connectivity index (χ0v) is 30.6. The van der Waals surface area contributed by atoms with Crippen molar-refractivity contribution in [2.45, 2.75) is 71.6 Å². The molecule has 1 saturated heterocycles. The van der Waals surface area contributed by atoms with E-state index in [1.807, 2.05) is 57.2 Å². The Labute approximate surface area is 288 Å². The number of aryl methyl sites for hydroxylation is 1. The van der Waals surface area contributed by atoms with Crippen LogP contribution in [0.3, 0.4) is 0 Å². The third-order valence-electron chi connectivity index (χ3n) is 8.78. The number of carbonyl (C=O) groups excluding carboxylic acids is 2. The Morgan fingerprint density at radius 3 is 2.12 bits per heavy atom. The molecule has 254 valence electrons. The van der Waals surface area contributed by atoms with Gasteiger partial charge in [0.15, 0.2) is 0 Å². The zero-order chi connectivity index (χ0) is 34.9. The van der Waals surface area contributed by atoms with Crippen molar-refractivity contribution >= 4 is 53.3 Å². The molecule has 1 atom stereocenters. The van der Waals surface area contributed by atoms with E-state index in [1.165, 1.54) is 0 Å². The van der Waals surface area contributed by atoms with E-state index in [2.05, 4.69) is 55.0 Å². The molecule has 1 aliphatic heterocycles. The van der Waals surface area contributed by atoms with Crippen LogP contribution in [-0.4, -0.2) is 78.0 Å². The Kier molecular flexibility index (Phi) is 10.2. The van der Waals surface area contributed by atoms with Gasteiger partial charge in [-0.05, 0) is 61.7 Å². The molecule has 1 aliphatic rings. The first-order valence-electron chi connectivity index (χ1n) is 16.3. The van der Waals surface area contributed by atoms with Crippen molar-refractivity contribution in [3.63, 3.8) is 0 Å². The van der Waals surface area contributed by atoms with Crippen molar-refractivity contribution < 1.29 is 18.8 Å². The molecule has 0 aliphatic carbocycles. The number of H-pyrrole nitrogens is 1. The van der Waals surface area contributed by atoms with Crippen LogP contribution in [0.5, 0.6) is 0 Å². The van der Waals surface area contributed by atoms with Crippen LogP contribution >= 0.6 is 11.6 Å². The van der Waals surface area contributed by atoms with E-state index in [0.717, 1.165) is 10.4 Å². The number of hydrogen-bond acceptors (Lipinski definition) is 6. The molecule has 1 N–H and O–H groups in total. The van der Waals surface area contributed by atoms with Gasteiger partial charge in [0.2, 0.25) is 0 Å². The Balaban J connectivity index is 1.48. The first-order valence-corrected chi connectivity index (χ1v) is 18.6. The highest BCUT2D eigenvalue weighted by Crippen LogP contribution is 2.37. The maximum absolute atomic E-state index is 14.2. The molecule has 0 unspecified atom stereocenters. The lowest BCUT2D eigenvalue weighted by molar-refractivity contribution is 0.00203. The molecule has 2 amide bonds. The lowest BCUT2D eigenvalue weighted by atomic mass is 10.1. The average Bonchev–Trinajstić information content (AvgIpc) is 3.03. The van der Waals surface area contributed by atoms with Crippen molar-refractivity contribution in [3.05, 3.63) is 99.4 Å². The third kappa shape index (κ3) is 7.35. The molecule has 0 spiro atoms. The molecule has 3 heterocycles. The van der Waals surface area contributed by atoms with Gasteiger partial charge < -0.3 is 23.9 Å². The summed E-state index contributed by atoms with van der Waals surface area (Å²) in [5.74, 6) is -0.324. The Morgan fingerprint density at radius 2 is 1.56 bits per heavy atom. The number of nitrogens with zero attached hydrogens (tertiary/aromatic N) is 3. The first kappa shape index (κ1) is 35.3. The predicted molar refractivity (Wildman–Crippen MR) is 193 cm³/mol. The number of aromatic amines is 1. The number of amides is 2. The second kappa shape index (κ2) is 13.9. The molecule has 48 heavy (non-hydrogen) atoms. The van der Waals surface area contributed by atoms with Gasteiger partial charge in [0.25, 0.3) is 19.8 Å². The van der Waals surface area contributed by atoms with Crippen molar-refractivity contribution in [1.82, 2.24) is 19.8 Å². The maximum atomic E-state index is 14.2. The molecule has 11 heteroatoms. The van der Waals surface area contributed by atoms with E-state index in [0.29, 0.717) is 36.2 Å². The SMILES string of the molecule is Cc1cc2nc(Cl)c(C(=O)N3CCN(C(=O)OC(C)(C)C)C[C@H]3CCO[Si](c3ccccc3)(c3ccccc3)C(C)(C)C)cc2[nH]c1=O. The highest BCUT2D eigenvalue weighted by molar-refractivity contribution is 6.99. The van der Waals surface area contributed by atoms with E-state index in [-0.39, 0.29) is 40.3 Å². The van der Waals surface area contributed by atoms with Gasteiger partial charge in [0, 0.05) is 31.8 Å². The maximum Gasteiger partial charge on any atom is 0.410 e. The summed E-state index contributed by atoms with van der Waals surface area (Å²) < 4.78 is 12.9. The summed E-state index contributed by atoms with van der Waals surface area (Å²) in [4.78, 5) is 50.4. The number of carbonyl (C=O) groups is 2. The van der Waals surface area contributed by atoms with Crippen molar-refractivity contribution in [1.29, 1.82) is 0 Å². The standard InChI is InChI=1S/C37H45ClN4O5Si/c1-25-22-30-31(40-33(25)43)23-29(32(38)39-30)34(44)42-20-19-41(35(45)47-36(2,3)4)24-26(42)18-21-46-48(37(5,6)7,27-14-10-8-11-15-27)28-16-12-9-13-17-28/h8-17,22-23,26H,18-21,24H2,1-7H3,(H,40,43)/t26-/m1/s1. The summed E-state index contributed by atoms with van der Waals surface area (Å²) in [6.45, 7) is 15.0. The van der Waals surface area contributed by atoms with Gasteiger partial charge in [-0.2, -0.15) is 0 Å². The molecule has 0 saturated carbocycles. The number of piperazine rings is 1. The second-order valence-electron chi connectivity index (χ2n) is 14.4. The van der Waals surface area contributed by atoms with Crippen LogP contribution in [0.15, 0.2) is 77.6 Å². The van der Waals surface area contributed by atoms with Crippen molar-refractivity contribution in [2.75, 3.05) is 26.2 Å². The molecule has 9 nitrogen and oxygen atoms in total. The highest BCUT2D eigenvalue weighted by Gasteiger charge is 2.50. The predicted octanol–water partition coefficient (Wildman–Crippen LogP) is 5.91. The normalized spacial score (nSPS) is 15.9. The van der Waals surface area contributed by atoms with Crippen LogP contribution in [0, 0.1) is 6.92 Å². The smallest absolute Gasteiger partial charge is 0.410 e. The van der Waals surface area contributed by atoms with Gasteiger partial charge in [-0.25, -0.2) is 9.78 Å². The van der Waals surface area contributed by atoms with Gasteiger partial charge in [0.05, 0.1) is 22.6 Å². The largest absolute Gasteiger partial charge is 0.444 e. The number of aromatic nitrogens is 2. The van der Waals surface area contributed by atoms with Gasteiger partial charge in [-0.1, -0.05) is 93.0 Å². The summed E-state index contributed by atoms with van der Waals surface area (Å²) in [6.07, 6.45) is 0.0374.